The van der Waals surface area contributed by atoms with Gasteiger partial charge in [-0.3, -0.25) is 25.1 Å². The number of rotatable bonds is 9. The molecular weight excluding hydrogens is 378 g/mol. The van der Waals surface area contributed by atoms with Crippen LogP contribution in [0, 0.1) is 19.8 Å². The second-order valence-electron chi connectivity index (χ2n) is 7.95. The van der Waals surface area contributed by atoms with Crippen molar-refractivity contribution in [3.63, 3.8) is 0 Å². The van der Waals surface area contributed by atoms with Gasteiger partial charge in [0.2, 0.25) is 5.91 Å². The van der Waals surface area contributed by atoms with Gasteiger partial charge in [0.15, 0.2) is 0 Å². The highest BCUT2D eigenvalue weighted by molar-refractivity contribution is 5.95. The number of carbonyl (C=O) groups is 2. The molecule has 0 bridgehead atoms. The van der Waals surface area contributed by atoms with E-state index in [4.69, 9.17) is 0 Å². The molecule has 164 valence electrons. The maximum absolute atomic E-state index is 12.3. The topological polar surface area (TPSA) is 79.3 Å². The van der Waals surface area contributed by atoms with Crippen LogP contribution in [0.5, 0.6) is 0 Å². The molecule has 0 saturated carbocycles. The first kappa shape index (κ1) is 23.4. The monoisotopic (exact) mass is 413 g/mol. The summed E-state index contributed by atoms with van der Waals surface area (Å²) in [5.41, 5.74) is 9.75. The van der Waals surface area contributed by atoms with E-state index in [9.17, 15) is 9.59 Å². The molecule has 30 heavy (non-hydrogen) atoms. The predicted molar refractivity (Wildman–Crippen MR) is 120 cm³/mol. The number of hydrazine groups is 1. The van der Waals surface area contributed by atoms with E-state index in [2.05, 4.69) is 48.5 Å². The quantitative estimate of drug-likeness (QED) is 0.618. The molecule has 0 aliphatic rings. The van der Waals surface area contributed by atoms with Crippen molar-refractivity contribution in [3.8, 4) is 0 Å². The van der Waals surface area contributed by atoms with E-state index in [0.717, 1.165) is 42.3 Å². The Morgan fingerprint density at radius 3 is 2.27 bits per heavy atom. The van der Waals surface area contributed by atoms with Crippen LogP contribution < -0.4 is 15.8 Å². The van der Waals surface area contributed by atoms with E-state index in [1.807, 2.05) is 30.7 Å². The number of hydrogen-bond donors (Lipinski definition) is 2. The molecule has 2 rings (SSSR count). The average molecular weight is 414 g/mol. The van der Waals surface area contributed by atoms with Crippen molar-refractivity contribution in [1.29, 1.82) is 0 Å². The molecule has 0 radical (unpaired) electrons. The molecular formula is C23H35N5O2. The van der Waals surface area contributed by atoms with Gasteiger partial charge in [-0.1, -0.05) is 13.8 Å². The zero-order chi connectivity index (χ0) is 22.3. The third-order valence-electron chi connectivity index (χ3n) is 5.25. The molecule has 2 amide bonds. The fraction of sp³-hybridized carbons (Fsp3) is 0.522. The van der Waals surface area contributed by atoms with Crippen LogP contribution in [-0.4, -0.2) is 34.7 Å². The summed E-state index contributed by atoms with van der Waals surface area (Å²) >= 11 is 0. The maximum atomic E-state index is 12.3. The van der Waals surface area contributed by atoms with Gasteiger partial charge in [0.05, 0.1) is 5.69 Å². The zero-order valence-electron chi connectivity index (χ0n) is 19.1. The highest BCUT2D eigenvalue weighted by Gasteiger charge is 2.14. The van der Waals surface area contributed by atoms with Crippen LogP contribution >= 0.6 is 0 Å². The van der Waals surface area contributed by atoms with Crippen LogP contribution in [0.15, 0.2) is 24.3 Å². The Hall–Kier alpha value is -2.83. The molecule has 0 unspecified atom stereocenters. The van der Waals surface area contributed by atoms with Crippen molar-refractivity contribution >= 4 is 17.5 Å². The van der Waals surface area contributed by atoms with Crippen molar-refractivity contribution in [2.24, 2.45) is 5.92 Å². The minimum atomic E-state index is -0.327. The van der Waals surface area contributed by atoms with Crippen molar-refractivity contribution < 1.29 is 9.59 Å². The van der Waals surface area contributed by atoms with Gasteiger partial charge in [-0.2, -0.15) is 5.10 Å². The lowest BCUT2D eigenvalue weighted by molar-refractivity contribution is -0.121. The van der Waals surface area contributed by atoms with Gasteiger partial charge in [0.1, 0.15) is 0 Å². The number of anilines is 1. The maximum Gasteiger partial charge on any atom is 0.269 e. The molecule has 2 aromatic rings. The lowest BCUT2D eigenvalue weighted by Crippen LogP contribution is -2.41. The Labute approximate surface area is 179 Å². The Balaban J connectivity index is 1.86. The number of amides is 2. The van der Waals surface area contributed by atoms with E-state index in [-0.39, 0.29) is 18.2 Å². The van der Waals surface area contributed by atoms with E-state index >= 15 is 0 Å². The molecule has 0 aliphatic heterocycles. The van der Waals surface area contributed by atoms with Gasteiger partial charge < -0.3 is 4.90 Å². The molecule has 0 aliphatic carbocycles. The predicted octanol–water partition coefficient (Wildman–Crippen LogP) is 3.40. The van der Waals surface area contributed by atoms with E-state index in [0.29, 0.717) is 17.9 Å². The molecule has 1 aromatic carbocycles. The van der Waals surface area contributed by atoms with Crippen molar-refractivity contribution in [3.05, 3.63) is 46.8 Å². The third-order valence-corrected chi connectivity index (χ3v) is 5.25. The van der Waals surface area contributed by atoms with Crippen LogP contribution in [0.4, 0.5) is 5.69 Å². The van der Waals surface area contributed by atoms with Gasteiger partial charge in [-0.05, 0) is 69.9 Å². The fourth-order valence-corrected chi connectivity index (χ4v) is 3.53. The second-order valence-corrected chi connectivity index (χ2v) is 7.95. The summed E-state index contributed by atoms with van der Waals surface area (Å²) < 4.78 is 2.01. The Kier molecular flexibility index (Phi) is 8.45. The lowest BCUT2D eigenvalue weighted by Gasteiger charge is -2.21. The first-order chi connectivity index (χ1) is 14.3. The molecule has 0 atom stereocenters. The van der Waals surface area contributed by atoms with Crippen LogP contribution in [0.3, 0.4) is 0 Å². The van der Waals surface area contributed by atoms with E-state index in [1.54, 1.807) is 12.1 Å². The van der Waals surface area contributed by atoms with Gasteiger partial charge in [-0.15, -0.1) is 0 Å². The molecule has 7 heteroatoms. The summed E-state index contributed by atoms with van der Waals surface area (Å²) in [6.45, 7) is 15.2. The molecule has 2 N–H and O–H groups in total. The minimum absolute atomic E-state index is 0.224. The summed E-state index contributed by atoms with van der Waals surface area (Å²) in [7, 11) is 0. The smallest absolute Gasteiger partial charge is 0.269 e. The van der Waals surface area contributed by atoms with E-state index in [1.165, 1.54) is 0 Å². The van der Waals surface area contributed by atoms with Crippen LogP contribution in [0.2, 0.25) is 0 Å². The second kappa shape index (κ2) is 10.8. The Bertz CT molecular complexity index is 851. The van der Waals surface area contributed by atoms with Crippen LogP contribution in [0.25, 0.3) is 0 Å². The standard InChI is InChI=1S/C23H35N5O2/c1-7-27(8-2)20-11-9-19(10-12-20)23(30)25-24-22(29)14-13-21-17(5)26-28(18(21)6)15-16(3)4/h9-12,16H,7-8,13-15H2,1-6H3,(H,24,29)(H,25,30). The van der Waals surface area contributed by atoms with Crippen LogP contribution in [-0.2, 0) is 17.8 Å². The summed E-state index contributed by atoms with van der Waals surface area (Å²) in [6.07, 6.45) is 0.881. The lowest BCUT2D eigenvalue weighted by atomic mass is 10.1. The first-order valence-electron chi connectivity index (χ1n) is 10.7. The normalized spacial score (nSPS) is 10.9. The third kappa shape index (κ3) is 6.08. The zero-order valence-corrected chi connectivity index (χ0v) is 19.1. The number of carbonyl (C=O) groups excluding carboxylic acids is 2. The fourth-order valence-electron chi connectivity index (χ4n) is 3.53. The number of benzene rings is 1. The largest absolute Gasteiger partial charge is 0.372 e. The summed E-state index contributed by atoms with van der Waals surface area (Å²) in [5, 5.41) is 4.59. The SMILES string of the molecule is CCN(CC)c1ccc(C(=O)NNC(=O)CCc2c(C)nn(CC(C)C)c2C)cc1. The summed E-state index contributed by atoms with van der Waals surface area (Å²) in [6, 6.07) is 7.38. The Morgan fingerprint density at radius 2 is 1.70 bits per heavy atom. The molecule has 1 heterocycles. The molecule has 1 aromatic heterocycles. The van der Waals surface area contributed by atoms with Gasteiger partial charge in [-0.25, -0.2) is 0 Å². The number of hydrogen-bond acceptors (Lipinski definition) is 4. The Morgan fingerprint density at radius 1 is 1.07 bits per heavy atom. The van der Waals surface area contributed by atoms with Gasteiger partial charge >= 0.3 is 0 Å². The number of aryl methyl sites for hydroxylation is 1. The number of nitrogens with zero attached hydrogens (tertiary/aromatic N) is 3. The molecule has 7 nitrogen and oxygen atoms in total. The number of nitrogens with one attached hydrogen (secondary N) is 2. The average Bonchev–Trinajstić information content (AvgIpc) is 2.98. The summed E-state index contributed by atoms with van der Waals surface area (Å²) in [5.74, 6) is -0.0412. The molecule has 0 spiro atoms. The van der Waals surface area contributed by atoms with Gasteiger partial charge in [0, 0.05) is 43.0 Å². The van der Waals surface area contributed by atoms with Crippen LogP contribution in [0.1, 0.15) is 61.4 Å². The molecule has 0 saturated heterocycles. The first-order valence-corrected chi connectivity index (χ1v) is 10.7. The van der Waals surface area contributed by atoms with Crippen molar-refractivity contribution in [1.82, 2.24) is 20.6 Å². The molecule has 0 fully saturated rings. The van der Waals surface area contributed by atoms with E-state index < -0.39 is 0 Å². The van der Waals surface area contributed by atoms with Crippen molar-refractivity contribution in [2.75, 3.05) is 18.0 Å². The minimum Gasteiger partial charge on any atom is -0.372 e. The van der Waals surface area contributed by atoms with Gasteiger partial charge in [0.25, 0.3) is 5.91 Å². The highest BCUT2D eigenvalue weighted by atomic mass is 16.2. The summed E-state index contributed by atoms with van der Waals surface area (Å²) in [4.78, 5) is 26.7. The van der Waals surface area contributed by atoms with Crippen molar-refractivity contribution in [2.45, 2.75) is 60.9 Å². The highest BCUT2D eigenvalue weighted by Crippen LogP contribution is 2.17. The number of aromatic nitrogens is 2.